The Hall–Kier alpha value is -0.910. The molecule has 18 heavy (non-hydrogen) atoms. The molecule has 0 bridgehead atoms. The van der Waals surface area contributed by atoms with Crippen LogP contribution < -0.4 is 4.90 Å². The lowest BCUT2D eigenvalue weighted by Crippen LogP contribution is -2.28. The maximum absolute atomic E-state index is 4.44. The molecule has 2 rings (SSSR count). The first-order valence-corrected chi connectivity index (χ1v) is 7.36. The molecule has 96 valence electrons. The van der Waals surface area contributed by atoms with Gasteiger partial charge in [0, 0.05) is 19.3 Å². The average Bonchev–Trinajstić information content (AvgIpc) is 2.77. The summed E-state index contributed by atoms with van der Waals surface area (Å²) in [5, 5.41) is 1.21. The smallest absolute Gasteiger partial charge is 0.133 e. The zero-order chi connectivity index (χ0) is 13.0. The van der Waals surface area contributed by atoms with E-state index in [1.807, 2.05) is 24.4 Å². The van der Waals surface area contributed by atoms with E-state index >= 15 is 0 Å². The number of thiophene rings is 1. The van der Waals surface area contributed by atoms with Gasteiger partial charge in [0.25, 0.3) is 0 Å². The van der Waals surface area contributed by atoms with Crippen molar-refractivity contribution in [1.29, 1.82) is 0 Å². The van der Waals surface area contributed by atoms with Crippen molar-refractivity contribution in [2.75, 3.05) is 32.1 Å². The second-order valence-corrected chi connectivity index (χ2v) is 6.66. The van der Waals surface area contributed by atoms with E-state index in [0.29, 0.717) is 0 Å². The number of likely N-dealkylation sites (N-methyl/N-ethyl adjacent to an activating group) is 1. The van der Waals surface area contributed by atoms with Gasteiger partial charge >= 0.3 is 0 Å². The van der Waals surface area contributed by atoms with Crippen molar-refractivity contribution in [2.24, 2.45) is 0 Å². The maximum atomic E-state index is 4.44. The Kier molecular flexibility index (Phi) is 4.74. The van der Waals surface area contributed by atoms with Crippen LogP contribution >= 0.6 is 27.3 Å². The van der Waals surface area contributed by atoms with Crippen molar-refractivity contribution < 1.29 is 0 Å². The van der Waals surface area contributed by atoms with Crippen molar-refractivity contribution in [1.82, 2.24) is 9.88 Å². The monoisotopic (exact) mass is 325 g/mol. The van der Waals surface area contributed by atoms with Gasteiger partial charge in [-0.15, -0.1) is 11.3 Å². The van der Waals surface area contributed by atoms with Gasteiger partial charge in [0.05, 0.1) is 8.79 Å². The average molecular weight is 326 g/mol. The minimum absolute atomic E-state index is 0.928. The van der Waals surface area contributed by atoms with Crippen LogP contribution in [-0.2, 0) is 0 Å². The normalized spacial score (nSPS) is 10.9. The van der Waals surface area contributed by atoms with E-state index in [9.17, 15) is 0 Å². The highest BCUT2D eigenvalue weighted by molar-refractivity contribution is 9.11. The van der Waals surface area contributed by atoms with Crippen LogP contribution in [0, 0.1) is 0 Å². The second-order valence-electron chi connectivity index (χ2n) is 4.22. The van der Waals surface area contributed by atoms with Gasteiger partial charge in [-0.3, -0.25) is 0 Å². The largest absolute Gasteiger partial charge is 0.317 e. The molecule has 2 aromatic rings. The minimum atomic E-state index is 0.928. The lowest BCUT2D eigenvalue weighted by molar-refractivity contribution is 0.418. The van der Waals surface area contributed by atoms with Crippen LogP contribution in [0.4, 0.5) is 10.8 Å². The number of anilines is 2. The Morgan fingerprint density at radius 2 is 2.00 bits per heavy atom. The Bertz CT molecular complexity index is 484. The fourth-order valence-corrected chi connectivity index (χ4v) is 3.00. The molecule has 0 saturated heterocycles. The summed E-state index contributed by atoms with van der Waals surface area (Å²) in [5.41, 5.74) is 0. The van der Waals surface area contributed by atoms with E-state index in [-0.39, 0.29) is 0 Å². The molecule has 3 nitrogen and oxygen atoms in total. The van der Waals surface area contributed by atoms with Crippen molar-refractivity contribution in [3.8, 4) is 0 Å². The van der Waals surface area contributed by atoms with E-state index in [0.717, 1.165) is 22.7 Å². The third-order valence-electron chi connectivity index (χ3n) is 2.52. The van der Waals surface area contributed by atoms with Crippen LogP contribution in [0.3, 0.4) is 0 Å². The number of rotatable bonds is 5. The molecular weight excluding hydrogens is 310 g/mol. The molecule has 0 atom stereocenters. The molecule has 0 amide bonds. The lowest BCUT2D eigenvalue weighted by Gasteiger charge is -2.23. The maximum Gasteiger partial charge on any atom is 0.133 e. The fourth-order valence-electron chi connectivity index (χ4n) is 1.60. The summed E-state index contributed by atoms with van der Waals surface area (Å²) in [6.07, 6.45) is 1.83. The van der Waals surface area contributed by atoms with E-state index < -0.39 is 0 Å². The van der Waals surface area contributed by atoms with Gasteiger partial charge in [0.1, 0.15) is 5.82 Å². The van der Waals surface area contributed by atoms with Crippen LogP contribution in [0.15, 0.2) is 40.3 Å². The molecule has 0 N–H and O–H groups in total. The first kappa shape index (κ1) is 13.5. The molecule has 5 heteroatoms. The highest BCUT2D eigenvalue weighted by Crippen LogP contribution is 2.33. The minimum Gasteiger partial charge on any atom is -0.317 e. The highest BCUT2D eigenvalue weighted by atomic mass is 79.9. The van der Waals surface area contributed by atoms with Gasteiger partial charge in [-0.25, -0.2) is 4.98 Å². The number of nitrogens with zero attached hydrogens (tertiary/aromatic N) is 3. The molecule has 0 saturated carbocycles. The van der Waals surface area contributed by atoms with Crippen LogP contribution in [0.25, 0.3) is 0 Å². The number of halogens is 1. The van der Waals surface area contributed by atoms with E-state index in [2.05, 4.69) is 56.9 Å². The molecule has 0 radical (unpaired) electrons. The summed E-state index contributed by atoms with van der Waals surface area (Å²) >= 11 is 5.24. The third-order valence-corrected chi connectivity index (χ3v) is 4.17. The van der Waals surface area contributed by atoms with E-state index in [4.69, 9.17) is 0 Å². The van der Waals surface area contributed by atoms with Crippen molar-refractivity contribution in [2.45, 2.75) is 0 Å². The van der Waals surface area contributed by atoms with E-state index in [1.165, 1.54) is 5.00 Å². The van der Waals surface area contributed by atoms with E-state index in [1.54, 1.807) is 11.3 Å². The molecule has 0 aliphatic heterocycles. The van der Waals surface area contributed by atoms with Gasteiger partial charge in [-0.2, -0.15) is 0 Å². The van der Waals surface area contributed by atoms with Crippen LogP contribution in [0.1, 0.15) is 0 Å². The summed E-state index contributed by atoms with van der Waals surface area (Å²) in [6.45, 7) is 1.92. The number of aromatic nitrogens is 1. The predicted octanol–water partition coefficient (Wildman–Crippen LogP) is 3.61. The first-order valence-electron chi connectivity index (χ1n) is 5.75. The Labute approximate surface area is 120 Å². The Balaban J connectivity index is 2.23. The van der Waals surface area contributed by atoms with Crippen molar-refractivity contribution in [3.05, 3.63) is 40.3 Å². The van der Waals surface area contributed by atoms with Gasteiger partial charge in [0.2, 0.25) is 0 Å². The first-order chi connectivity index (χ1) is 8.66. The van der Waals surface area contributed by atoms with Crippen LogP contribution in [-0.4, -0.2) is 37.1 Å². The number of hydrogen-bond acceptors (Lipinski definition) is 4. The number of pyridine rings is 1. The Morgan fingerprint density at radius 3 is 2.56 bits per heavy atom. The van der Waals surface area contributed by atoms with Gasteiger partial charge in [-0.05, 0) is 54.3 Å². The van der Waals surface area contributed by atoms with Crippen molar-refractivity contribution >= 4 is 38.1 Å². The second kappa shape index (κ2) is 6.31. The van der Waals surface area contributed by atoms with Crippen molar-refractivity contribution in [3.63, 3.8) is 0 Å². The quantitative estimate of drug-likeness (QED) is 0.837. The summed E-state index contributed by atoms with van der Waals surface area (Å²) in [5.74, 6) is 0.994. The lowest BCUT2D eigenvalue weighted by atomic mass is 10.4. The Morgan fingerprint density at radius 1 is 1.17 bits per heavy atom. The van der Waals surface area contributed by atoms with Gasteiger partial charge in [0.15, 0.2) is 0 Å². The summed E-state index contributed by atoms with van der Waals surface area (Å²) in [4.78, 5) is 8.87. The molecule has 0 spiro atoms. The zero-order valence-electron chi connectivity index (χ0n) is 10.5. The summed E-state index contributed by atoms with van der Waals surface area (Å²) in [7, 11) is 4.17. The fraction of sp³-hybridized carbons (Fsp3) is 0.308. The summed E-state index contributed by atoms with van der Waals surface area (Å²) < 4.78 is 1.14. The molecule has 2 heterocycles. The molecule has 0 aliphatic rings. The standard InChI is InChI=1S/C13H16BrN3S/c1-16(2)9-10-17(12-5-3-4-8-15-12)13-7-6-11(14)18-13/h3-8H,9-10H2,1-2H3. The van der Waals surface area contributed by atoms with Crippen LogP contribution in [0.5, 0.6) is 0 Å². The van der Waals surface area contributed by atoms with Gasteiger partial charge in [-0.1, -0.05) is 6.07 Å². The number of hydrogen-bond donors (Lipinski definition) is 0. The topological polar surface area (TPSA) is 19.4 Å². The predicted molar refractivity (Wildman–Crippen MR) is 81.8 cm³/mol. The molecule has 2 aromatic heterocycles. The highest BCUT2D eigenvalue weighted by Gasteiger charge is 2.12. The molecular formula is C13H16BrN3S. The van der Waals surface area contributed by atoms with Gasteiger partial charge < -0.3 is 9.80 Å². The molecule has 0 unspecified atom stereocenters. The molecule has 0 fully saturated rings. The zero-order valence-corrected chi connectivity index (χ0v) is 12.9. The molecule has 0 aliphatic carbocycles. The summed E-state index contributed by atoms with van der Waals surface area (Å²) in [6, 6.07) is 10.2. The molecule has 0 aromatic carbocycles. The third kappa shape index (κ3) is 3.54. The SMILES string of the molecule is CN(C)CCN(c1ccccn1)c1ccc(Br)s1. The van der Waals surface area contributed by atoms with Crippen LogP contribution in [0.2, 0.25) is 0 Å².